The number of hydrogen-bond donors (Lipinski definition) is 1. The summed E-state index contributed by atoms with van der Waals surface area (Å²) in [5.41, 5.74) is 7.15. The second-order valence-corrected chi connectivity index (χ2v) is 6.80. The molecule has 0 saturated carbocycles. The van der Waals surface area contributed by atoms with Gasteiger partial charge in [0, 0.05) is 11.1 Å². The lowest BCUT2D eigenvalue weighted by atomic mass is 10.3. The zero-order valence-electron chi connectivity index (χ0n) is 12.1. The Labute approximate surface area is 135 Å². The Kier molecular flexibility index (Phi) is 3.16. The highest BCUT2D eigenvalue weighted by atomic mass is 32.1. The zero-order valence-corrected chi connectivity index (χ0v) is 13.7. The van der Waals surface area contributed by atoms with Crippen LogP contribution in [0.5, 0.6) is 0 Å². The molecule has 1 aromatic carbocycles. The third-order valence-electron chi connectivity index (χ3n) is 3.39. The van der Waals surface area contributed by atoms with Gasteiger partial charge in [0.25, 0.3) is 0 Å². The molecule has 0 aliphatic rings. The Morgan fingerprint density at radius 1 is 1.23 bits per heavy atom. The molecule has 4 aromatic rings. The maximum atomic E-state index is 4.54. The standard InChI is InChI=1S/C15H13N5S2/c1-9-8-21-15-17-10(2)12(20(9)15)7-16-19-14-18-11-5-3-4-6-13(11)22-14/h3-8H,1-2H3,(H,18,19)/b16-7-. The molecule has 0 atom stereocenters. The van der Waals surface area contributed by atoms with E-state index in [9.17, 15) is 0 Å². The van der Waals surface area contributed by atoms with E-state index in [0.29, 0.717) is 0 Å². The van der Waals surface area contributed by atoms with Crippen molar-refractivity contribution in [2.45, 2.75) is 13.8 Å². The highest BCUT2D eigenvalue weighted by molar-refractivity contribution is 7.22. The van der Waals surface area contributed by atoms with Gasteiger partial charge in [-0.15, -0.1) is 11.3 Å². The van der Waals surface area contributed by atoms with Crippen LogP contribution in [-0.2, 0) is 0 Å². The molecule has 3 aromatic heterocycles. The number of aromatic nitrogens is 3. The topological polar surface area (TPSA) is 54.6 Å². The van der Waals surface area contributed by atoms with Gasteiger partial charge in [-0.05, 0) is 26.0 Å². The largest absolute Gasteiger partial charge is 0.286 e. The average molecular weight is 327 g/mol. The number of imidazole rings is 1. The second kappa shape index (κ2) is 5.19. The molecule has 110 valence electrons. The highest BCUT2D eigenvalue weighted by Gasteiger charge is 2.10. The van der Waals surface area contributed by atoms with Crippen LogP contribution in [-0.4, -0.2) is 20.6 Å². The summed E-state index contributed by atoms with van der Waals surface area (Å²) < 4.78 is 3.26. The van der Waals surface area contributed by atoms with Crippen molar-refractivity contribution in [3.05, 3.63) is 46.7 Å². The molecule has 4 rings (SSSR count). The van der Waals surface area contributed by atoms with Gasteiger partial charge in [-0.25, -0.2) is 9.97 Å². The molecule has 0 amide bonds. The van der Waals surface area contributed by atoms with Crippen molar-refractivity contribution in [2.24, 2.45) is 5.10 Å². The maximum absolute atomic E-state index is 4.54. The first-order valence-electron chi connectivity index (χ1n) is 6.80. The quantitative estimate of drug-likeness (QED) is 0.456. The summed E-state index contributed by atoms with van der Waals surface area (Å²) in [6.07, 6.45) is 1.81. The summed E-state index contributed by atoms with van der Waals surface area (Å²) in [6.45, 7) is 4.07. The fourth-order valence-corrected chi connectivity index (χ4v) is 4.08. The van der Waals surface area contributed by atoms with Crippen molar-refractivity contribution < 1.29 is 0 Å². The Morgan fingerprint density at radius 2 is 2.09 bits per heavy atom. The Hall–Kier alpha value is -2.25. The maximum Gasteiger partial charge on any atom is 0.204 e. The first kappa shape index (κ1) is 13.4. The van der Waals surface area contributed by atoms with Gasteiger partial charge in [-0.2, -0.15) is 5.10 Å². The Balaban J connectivity index is 1.63. The minimum absolute atomic E-state index is 0.790. The number of nitrogens with one attached hydrogen (secondary N) is 1. The average Bonchev–Trinajstić information content (AvgIpc) is 3.15. The van der Waals surface area contributed by atoms with E-state index in [2.05, 4.69) is 43.3 Å². The van der Waals surface area contributed by atoms with Crippen LogP contribution in [0.1, 0.15) is 17.1 Å². The number of para-hydroxylation sites is 1. The zero-order chi connectivity index (χ0) is 15.1. The number of hydrazone groups is 1. The summed E-state index contributed by atoms with van der Waals surface area (Å²) in [4.78, 5) is 10.0. The van der Waals surface area contributed by atoms with Gasteiger partial charge in [0.05, 0.1) is 27.8 Å². The number of fused-ring (bicyclic) bond motifs is 2. The third kappa shape index (κ3) is 2.18. The molecule has 0 aliphatic heterocycles. The molecule has 22 heavy (non-hydrogen) atoms. The van der Waals surface area contributed by atoms with Crippen molar-refractivity contribution in [2.75, 3.05) is 5.43 Å². The van der Waals surface area contributed by atoms with Crippen molar-refractivity contribution in [3.8, 4) is 0 Å². The predicted octanol–water partition coefficient (Wildman–Crippen LogP) is 4.07. The number of hydrogen-bond acceptors (Lipinski definition) is 6. The summed E-state index contributed by atoms with van der Waals surface area (Å²) >= 11 is 3.23. The molecular weight excluding hydrogens is 314 g/mol. The minimum Gasteiger partial charge on any atom is -0.286 e. The molecule has 0 aliphatic carbocycles. The van der Waals surface area contributed by atoms with Crippen LogP contribution in [0.4, 0.5) is 5.13 Å². The molecule has 0 spiro atoms. The van der Waals surface area contributed by atoms with Crippen LogP contribution in [0.25, 0.3) is 15.2 Å². The molecule has 0 radical (unpaired) electrons. The Morgan fingerprint density at radius 3 is 2.95 bits per heavy atom. The lowest BCUT2D eigenvalue weighted by molar-refractivity contribution is 1.11. The summed E-state index contributed by atoms with van der Waals surface area (Å²) in [6, 6.07) is 8.06. The number of rotatable bonds is 3. The van der Waals surface area contributed by atoms with E-state index in [1.807, 2.05) is 25.1 Å². The number of anilines is 1. The molecule has 0 saturated heterocycles. The molecule has 7 heteroatoms. The number of aryl methyl sites for hydroxylation is 2. The van der Waals surface area contributed by atoms with Crippen molar-refractivity contribution >= 4 is 49.2 Å². The van der Waals surface area contributed by atoms with Crippen LogP contribution < -0.4 is 5.43 Å². The smallest absolute Gasteiger partial charge is 0.204 e. The van der Waals surface area contributed by atoms with Gasteiger partial charge in [0.2, 0.25) is 5.13 Å². The van der Waals surface area contributed by atoms with E-state index in [1.54, 1.807) is 28.9 Å². The third-order valence-corrected chi connectivity index (χ3v) is 5.28. The van der Waals surface area contributed by atoms with Crippen molar-refractivity contribution in [1.29, 1.82) is 0 Å². The molecule has 0 unspecified atom stereocenters. The fraction of sp³-hybridized carbons (Fsp3) is 0.133. The molecule has 1 N–H and O–H groups in total. The first-order chi connectivity index (χ1) is 10.7. The normalized spacial score (nSPS) is 11.9. The van der Waals surface area contributed by atoms with E-state index in [-0.39, 0.29) is 0 Å². The number of nitrogens with zero attached hydrogens (tertiary/aromatic N) is 4. The molecule has 0 fully saturated rings. The first-order valence-corrected chi connectivity index (χ1v) is 8.50. The molecule has 3 heterocycles. The number of benzene rings is 1. The highest BCUT2D eigenvalue weighted by Crippen LogP contribution is 2.25. The summed E-state index contributed by atoms with van der Waals surface area (Å²) in [5, 5.41) is 7.21. The lowest BCUT2D eigenvalue weighted by Gasteiger charge is -1.96. The molecular formula is C15H13N5S2. The van der Waals surface area contributed by atoms with Crippen molar-refractivity contribution in [1.82, 2.24) is 14.4 Å². The van der Waals surface area contributed by atoms with Gasteiger partial charge in [-0.3, -0.25) is 9.83 Å². The second-order valence-electron chi connectivity index (χ2n) is 4.93. The van der Waals surface area contributed by atoms with Gasteiger partial charge in [-0.1, -0.05) is 23.5 Å². The SMILES string of the molecule is Cc1nc2scc(C)n2c1/C=N\Nc1nc2ccccc2s1. The van der Waals surface area contributed by atoms with E-state index >= 15 is 0 Å². The summed E-state index contributed by atoms with van der Waals surface area (Å²) in [5.74, 6) is 0. The van der Waals surface area contributed by atoms with E-state index in [0.717, 1.165) is 31.7 Å². The fourth-order valence-electron chi connectivity index (χ4n) is 2.35. The number of thiazole rings is 2. The van der Waals surface area contributed by atoms with Crippen LogP contribution in [0.3, 0.4) is 0 Å². The van der Waals surface area contributed by atoms with Gasteiger partial charge < -0.3 is 0 Å². The molecule has 5 nitrogen and oxygen atoms in total. The molecule has 0 bridgehead atoms. The Bertz CT molecular complexity index is 959. The van der Waals surface area contributed by atoms with Crippen molar-refractivity contribution in [3.63, 3.8) is 0 Å². The van der Waals surface area contributed by atoms with Crippen LogP contribution in [0, 0.1) is 13.8 Å². The van der Waals surface area contributed by atoms with E-state index < -0.39 is 0 Å². The van der Waals surface area contributed by atoms with Gasteiger partial charge >= 0.3 is 0 Å². The van der Waals surface area contributed by atoms with Crippen LogP contribution >= 0.6 is 22.7 Å². The van der Waals surface area contributed by atoms with E-state index in [4.69, 9.17) is 0 Å². The monoisotopic (exact) mass is 327 g/mol. The van der Waals surface area contributed by atoms with Crippen LogP contribution in [0.2, 0.25) is 0 Å². The van der Waals surface area contributed by atoms with Gasteiger partial charge in [0.15, 0.2) is 4.96 Å². The summed E-state index contributed by atoms with van der Waals surface area (Å²) in [7, 11) is 0. The van der Waals surface area contributed by atoms with Crippen LogP contribution in [0.15, 0.2) is 34.7 Å². The minimum atomic E-state index is 0.790. The van der Waals surface area contributed by atoms with E-state index in [1.165, 1.54) is 5.69 Å². The predicted molar refractivity (Wildman–Crippen MR) is 93.4 cm³/mol. The lowest BCUT2D eigenvalue weighted by Crippen LogP contribution is -1.96. The van der Waals surface area contributed by atoms with Gasteiger partial charge in [0.1, 0.15) is 0 Å².